The number of para-hydroxylation sites is 1. The predicted octanol–water partition coefficient (Wildman–Crippen LogP) is 2.32. The molecule has 2 aromatic rings. The van der Waals surface area contributed by atoms with Crippen molar-refractivity contribution in [2.24, 2.45) is 0 Å². The average molecular weight is 232 g/mol. The number of carboxylic acid groups (broad SMARTS) is 1. The van der Waals surface area contributed by atoms with Gasteiger partial charge in [-0.25, -0.2) is 14.8 Å². The number of benzene rings is 1. The lowest BCUT2D eigenvalue weighted by Crippen LogP contribution is -1.86. The molecule has 2 rings (SSSR count). The van der Waals surface area contributed by atoms with Crippen LogP contribution >= 0.6 is 11.8 Å². The fourth-order valence-corrected chi connectivity index (χ4v) is 1.95. The van der Waals surface area contributed by atoms with Gasteiger partial charge in [-0.2, -0.15) is 0 Å². The normalized spacial score (nSPS) is 11.0. The van der Waals surface area contributed by atoms with Crippen molar-refractivity contribution in [3.8, 4) is 0 Å². The summed E-state index contributed by atoms with van der Waals surface area (Å²) in [6.07, 6.45) is 2.56. The molecule has 0 amide bonds. The van der Waals surface area contributed by atoms with Crippen LogP contribution in [-0.4, -0.2) is 21.0 Å². The van der Waals surface area contributed by atoms with E-state index in [0.717, 1.165) is 22.0 Å². The standard InChI is InChI=1S/C11H8N2O2S/c14-10(15)5-6-16-11-8-3-1-2-4-9(8)12-7-13-11/h1-7H,(H,14,15). The van der Waals surface area contributed by atoms with Crippen molar-refractivity contribution >= 4 is 28.6 Å². The molecular weight excluding hydrogens is 224 g/mol. The first-order chi connectivity index (χ1) is 7.77. The van der Waals surface area contributed by atoms with E-state index in [1.165, 1.54) is 23.5 Å². The van der Waals surface area contributed by atoms with Crippen LogP contribution in [0.3, 0.4) is 0 Å². The second kappa shape index (κ2) is 4.76. The second-order valence-corrected chi connectivity index (χ2v) is 3.85. The Balaban J connectivity index is 2.34. The molecule has 0 aliphatic heterocycles. The van der Waals surface area contributed by atoms with Crippen molar-refractivity contribution in [2.45, 2.75) is 5.03 Å². The first-order valence-corrected chi connectivity index (χ1v) is 5.41. The molecule has 1 heterocycles. The maximum absolute atomic E-state index is 10.3. The predicted molar refractivity (Wildman–Crippen MR) is 62.2 cm³/mol. The number of carboxylic acids is 1. The average Bonchev–Trinajstić information content (AvgIpc) is 2.29. The molecule has 0 aliphatic rings. The maximum Gasteiger partial charge on any atom is 0.328 e. The van der Waals surface area contributed by atoms with Crippen LogP contribution in [0.2, 0.25) is 0 Å². The van der Waals surface area contributed by atoms with E-state index in [1.54, 1.807) is 0 Å². The lowest BCUT2D eigenvalue weighted by atomic mass is 10.2. The molecule has 1 aromatic heterocycles. The largest absolute Gasteiger partial charge is 0.478 e. The number of aliphatic carboxylic acids is 1. The van der Waals surface area contributed by atoms with Gasteiger partial charge in [0, 0.05) is 11.5 Å². The Kier molecular flexibility index (Phi) is 3.16. The zero-order chi connectivity index (χ0) is 11.4. The summed E-state index contributed by atoms with van der Waals surface area (Å²) in [4.78, 5) is 18.6. The smallest absolute Gasteiger partial charge is 0.328 e. The van der Waals surface area contributed by atoms with Crippen molar-refractivity contribution in [2.75, 3.05) is 0 Å². The van der Waals surface area contributed by atoms with E-state index in [2.05, 4.69) is 9.97 Å². The molecule has 0 atom stereocenters. The van der Waals surface area contributed by atoms with Gasteiger partial charge in [0.2, 0.25) is 0 Å². The molecule has 1 N–H and O–H groups in total. The molecule has 0 saturated carbocycles. The van der Waals surface area contributed by atoms with E-state index in [4.69, 9.17) is 5.11 Å². The molecule has 0 bridgehead atoms. The van der Waals surface area contributed by atoms with E-state index < -0.39 is 5.97 Å². The van der Waals surface area contributed by atoms with Gasteiger partial charge in [-0.05, 0) is 11.5 Å². The van der Waals surface area contributed by atoms with Gasteiger partial charge in [0.25, 0.3) is 0 Å². The summed E-state index contributed by atoms with van der Waals surface area (Å²) < 4.78 is 0. The van der Waals surface area contributed by atoms with Gasteiger partial charge in [-0.15, -0.1) is 0 Å². The zero-order valence-electron chi connectivity index (χ0n) is 8.20. The van der Waals surface area contributed by atoms with Crippen molar-refractivity contribution in [3.63, 3.8) is 0 Å². The maximum atomic E-state index is 10.3. The Morgan fingerprint density at radius 3 is 2.94 bits per heavy atom. The van der Waals surface area contributed by atoms with Gasteiger partial charge in [0.1, 0.15) is 11.4 Å². The molecule has 0 unspecified atom stereocenters. The van der Waals surface area contributed by atoms with E-state index in [9.17, 15) is 4.79 Å². The van der Waals surface area contributed by atoms with Crippen LogP contribution in [0.4, 0.5) is 0 Å². The Bertz CT molecular complexity index is 549. The molecule has 0 radical (unpaired) electrons. The van der Waals surface area contributed by atoms with Crippen LogP contribution < -0.4 is 0 Å². The minimum absolute atomic E-state index is 0.753. The van der Waals surface area contributed by atoms with Crippen LogP contribution in [0.1, 0.15) is 0 Å². The second-order valence-electron chi connectivity index (χ2n) is 2.95. The molecule has 16 heavy (non-hydrogen) atoms. The zero-order valence-corrected chi connectivity index (χ0v) is 9.02. The third-order valence-electron chi connectivity index (χ3n) is 1.90. The van der Waals surface area contributed by atoms with Crippen LogP contribution in [0, 0.1) is 0 Å². The summed E-state index contributed by atoms with van der Waals surface area (Å²) in [5.74, 6) is -0.967. The van der Waals surface area contributed by atoms with Gasteiger partial charge in [-0.3, -0.25) is 0 Å². The number of hydrogen-bond acceptors (Lipinski definition) is 4. The SMILES string of the molecule is O=C(O)C=CSc1ncnc2ccccc12. The highest BCUT2D eigenvalue weighted by atomic mass is 32.2. The lowest BCUT2D eigenvalue weighted by molar-refractivity contribution is -0.131. The molecule has 0 aliphatic carbocycles. The van der Waals surface area contributed by atoms with E-state index in [1.807, 2.05) is 24.3 Å². The van der Waals surface area contributed by atoms with Crippen molar-refractivity contribution in [3.05, 3.63) is 42.1 Å². The third-order valence-corrected chi connectivity index (χ3v) is 2.72. The summed E-state index contributed by atoms with van der Waals surface area (Å²) in [5, 5.41) is 11.6. The highest BCUT2D eigenvalue weighted by molar-refractivity contribution is 8.02. The lowest BCUT2D eigenvalue weighted by Gasteiger charge is -2.00. The fourth-order valence-electron chi connectivity index (χ4n) is 1.23. The van der Waals surface area contributed by atoms with Crippen LogP contribution in [0.5, 0.6) is 0 Å². The molecule has 4 nitrogen and oxygen atoms in total. The van der Waals surface area contributed by atoms with Crippen molar-refractivity contribution in [1.29, 1.82) is 0 Å². The highest BCUT2D eigenvalue weighted by Crippen LogP contribution is 2.24. The fraction of sp³-hybridized carbons (Fsp3) is 0. The first kappa shape index (κ1) is 10.6. The molecule has 0 spiro atoms. The molecule has 0 fully saturated rings. The summed E-state index contributed by atoms with van der Waals surface area (Å²) in [7, 11) is 0. The molecule has 0 saturated heterocycles. The van der Waals surface area contributed by atoms with Crippen LogP contribution in [-0.2, 0) is 4.79 Å². The number of rotatable bonds is 3. The van der Waals surface area contributed by atoms with Crippen LogP contribution in [0.15, 0.2) is 47.1 Å². The van der Waals surface area contributed by atoms with Crippen LogP contribution in [0.25, 0.3) is 10.9 Å². The number of thioether (sulfide) groups is 1. The highest BCUT2D eigenvalue weighted by Gasteiger charge is 2.01. The molecule has 80 valence electrons. The number of aromatic nitrogens is 2. The minimum Gasteiger partial charge on any atom is -0.478 e. The van der Waals surface area contributed by atoms with E-state index in [0.29, 0.717) is 0 Å². The van der Waals surface area contributed by atoms with Gasteiger partial charge in [-0.1, -0.05) is 30.0 Å². The summed E-state index contributed by atoms with van der Waals surface area (Å²) in [6.45, 7) is 0. The minimum atomic E-state index is -0.967. The Morgan fingerprint density at radius 2 is 2.12 bits per heavy atom. The van der Waals surface area contributed by atoms with E-state index >= 15 is 0 Å². The van der Waals surface area contributed by atoms with E-state index in [-0.39, 0.29) is 0 Å². The number of carbonyl (C=O) groups is 1. The molecular formula is C11H8N2O2S. The molecule has 1 aromatic carbocycles. The van der Waals surface area contributed by atoms with Gasteiger partial charge >= 0.3 is 5.97 Å². The topological polar surface area (TPSA) is 63.1 Å². The van der Waals surface area contributed by atoms with Gasteiger partial charge in [0.05, 0.1) is 5.52 Å². The monoisotopic (exact) mass is 232 g/mol. The van der Waals surface area contributed by atoms with Crippen molar-refractivity contribution in [1.82, 2.24) is 9.97 Å². The number of hydrogen-bond donors (Lipinski definition) is 1. The first-order valence-electron chi connectivity index (χ1n) is 4.53. The number of fused-ring (bicyclic) bond motifs is 1. The quantitative estimate of drug-likeness (QED) is 0.500. The summed E-state index contributed by atoms with van der Waals surface area (Å²) in [6, 6.07) is 7.60. The Hall–Kier alpha value is -1.88. The third kappa shape index (κ3) is 2.38. The molecule has 5 heteroatoms. The summed E-state index contributed by atoms with van der Waals surface area (Å²) in [5.41, 5.74) is 0.851. The van der Waals surface area contributed by atoms with Gasteiger partial charge < -0.3 is 5.11 Å². The summed E-state index contributed by atoms with van der Waals surface area (Å²) >= 11 is 1.27. The number of nitrogens with zero attached hydrogens (tertiary/aromatic N) is 2. The Morgan fingerprint density at radius 1 is 1.31 bits per heavy atom. The Labute approximate surface area is 96.0 Å². The van der Waals surface area contributed by atoms with Crippen molar-refractivity contribution < 1.29 is 9.90 Å². The van der Waals surface area contributed by atoms with Gasteiger partial charge in [0.15, 0.2) is 0 Å².